The average Bonchev–Trinajstić information content (AvgIpc) is 3.36. The van der Waals surface area contributed by atoms with Gasteiger partial charge >= 0.3 is 0 Å². The molecule has 2 aromatic rings. The molecule has 0 aliphatic carbocycles. The van der Waals surface area contributed by atoms with Crippen LogP contribution in [0.5, 0.6) is 0 Å². The number of nitrogens with zero attached hydrogens (tertiary/aromatic N) is 1. The molecule has 1 saturated heterocycles. The summed E-state index contributed by atoms with van der Waals surface area (Å²) in [5, 5.41) is 12.4. The van der Waals surface area contributed by atoms with E-state index in [2.05, 4.69) is 4.98 Å². The van der Waals surface area contributed by atoms with Crippen molar-refractivity contribution >= 4 is 23.0 Å². The molecule has 8 heteroatoms. The quantitative estimate of drug-likeness (QED) is 0.670. The van der Waals surface area contributed by atoms with Gasteiger partial charge in [0.1, 0.15) is 13.1 Å². The molecule has 1 fully saturated rings. The number of pyridine rings is 1. The van der Waals surface area contributed by atoms with Crippen LogP contribution < -0.4 is 9.88 Å². The molecule has 1 unspecified atom stereocenters. The number of carbonyl (C=O) groups excluding carboxylic acids is 2. The Kier molecular flexibility index (Phi) is 5.52. The maximum atomic E-state index is 13.1. The highest BCUT2D eigenvalue weighted by atomic mass is 32.1. The molecule has 0 saturated carbocycles. The van der Waals surface area contributed by atoms with Gasteiger partial charge in [-0.15, -0.1) is 11.3 Å². The number of thiophene rings is 1. The van der Waals surface area contributed by atoms with Crippen LogP contribution in [-0.4, -0.2) is 61.1 Å². The maximum absolute atomic E-state index is 13.1. The molecule has 1 atom stereocenters. The maximum Gasteiger partial charge on any atom is 0.290 e. The van der Waals surface area contributed by atoms with E-state index in [0.29, 0.717) is 24.6 Å². The van der Waals surface area contributed by atoms with Crippen molar-refractivity contribution in [2.75, 3.05) is 39.4 Å². The highest BCUT2D eigenvalue weighted by Gasteiger charge is 2.44. The summed E-state index contributed by atoms with van der Waals surface area (Å²) in [7, 11) is 0. The van der Waals surface area contributed by atoms with E-state index >= 15 is 0 Å². The molecule has 2 aromatic heterocycles. The van der Waals surface area contributed by atoms with Gasteiger partial charge in [-0.1, -0.05) is 6.07 Å². The van der Waals surface area contributed by atoms with E-state index < -0.39 is 17.7 Å². The molecular weight excluding hydrogens is 378 g/mol. The van der Waals surface area contributed by atoms with Gasteiger partial charge in [-0.05, 0) is 17.5 Å². The lowest BCUT2D eigenvalue weighted by atomic mass is 9.96. The van der Waals surface area contributed by atoms with Crippen molar-refractivity contribution in [2.45, 2.75) is 6.04 Å². The molecule has 2 aliphatic heterocycles. The Morgan fingerprint density at radius 3 is 2.82 bits per heavy atom. The molecule has 146 valence electrons. The number of hydrogen-bond acceptors (Lipinski definition) is 5. The largest absolute Gasteiger partial charge is 0.503 e. The third-order valence-corrected chi connectivity index (χ3v) is 6.11. The third kappa shape index (κ3) is 3.58. The molecule has 1 amide bonds. The number of rotatable bonds is 6. The highest BCUT2D eigenvalue weighted by molar-refractivity contribution is 7.12. The monoisotopic (exact) mass is 401 g/mol. The summed E-state index contributed by atoms with van der Waals surface area (Å²) in [6.07, 6.45) is 3.54. The fraction of sp³-hybridized carbons (Fsp3) is 0.350. The summed E-state index contributed by atoms with van der Waals surface area (Å²) in [4.78, 5) is 32.5. The topological polar surface area (TPSA) is 85.4 Å². The lowest BCUT2D eigenvalue weighted by molar-refractivity contribution is -0.907. The highest BCUT2D eigenvalue weighted by Crippen LogP contribution is 2.38. The number of nitrogens with one attached hydrogen (secondary N) is 2. The number of aliphatic hydroxyl groups excluding tert-OH is 1. The molecule has 4 rings (SSSR count). The number of hydrogen-bond donors (Lipinski definition) is 2. The van der Waals surface area contributed by atoms with Gasteiger partial charge in [0.25, 0.3) is 5.91 Å². The van der Waals surface area contributed by atoms with Crippen molar-refractivity contribution in [3.05, 3.63) is 63.8 Å². The van der Waals surface area contributed by atoms with Crippen LogP contribution in [0.1, 0.15) is 21.3 Å². The number of H-pyrrole nitrogens is 1. The number of ether oxygens (including phenoxy) is 1. The summed E-state index contributed by atoms with van der Waals surface area (Å²) in [5.74, 6) is -1.22. The van der Waals surface area contributed by atoms with Crippen LogP contribution in [0.15, 0.2) is 53.4 Å². The van der Waals surface area contributed by atoms with Crippen LogP contribution in [-0.2, 0) is 9.53 Å². The van der Waals surface area contributed by atoms with Gasteiger partial charge in [0.15, 0.2) is 18.2 Å². The van der Waals surface area contributed by atoms with Crippen molar-refractivity contribution in [2.24, 2.45) is 0 Å². The SMILES string of the molecule is O=C(C1=C(O)C(=O)N(CC[NH+]2CCOCC2)C1c1ccc[nH+]c1)c1cccs1. The lowest BCUT2D eigenvalue weighted by Gasteiger charge is -2.29. The molecule has 4 heterocycles. The molecular formula is C20H23N3O4S+2. The van der Waals surface area contributed by atoms with Crippen LogP contribution in [0.4, 0.5) is 0 Å². The van der Waals surface area contributed by atoms with E-state index in [-0.39, 0.29) is 11.4 Å². The van der Waals surface area contributed by atoms with E-state index in [1.165, 1.54) is 16.2 Å². The average molecular weight is 401 g/mol. The van der Waals surface area contributed by atoms with Gasteiger partial charge in [0.05, 0.1) is 42.8 Å². The second kappa shape index (κ2) is 8.22. The van der Waals surface area contributed by atoms with E-state index in [4.69, 9.17) is 4.74 Å². The molecule has 0 bridgehead atoms. The molecule has 0 aromatic carbocycles. The Labute approximate surface area is 166 Å². The first-order chi connectivity index (χ1) is 13.7. The first kappa shape index (κ1) is 18.8. The summed E-state index contributed by atoms with van der Waals surface area (Å²) in [5.41, 5.74) is 0.931. The van der Waals surface area contributed by atoms with Crippen LogP contribution >= 0.6 is 11.3 Å². The smallest absolute Gasteiger partial charge is 0.290 e. The minimum absolute atomic E-state index is 0.157. The third-order valence-electron chi connectivity index (χ3n) is 5.25. The summed E-state index contributed by atoms with van der Waals surface area (Å²) in [6.45, 7) is 4.42. The van der Waals surface area contributed by atoms with E-state index in [1.807, 2.05) is 17.5 Å². The van der Waals surface area contributed by atoms with Crippen molar-refractivity contribution in [3.63, 3.8) is 0 Å². The Hall–Kier alpha value is -2.55. The Balaban J connectivity index is 1.64. The Bertz CT molecular complexity index is 876. The van der Waals surface area contributed by atoms with Gasteiger partial charge in [-0.25, -0.2) is 4.98 Å². The number of aromatic amines is 1. The number of ketones is 1. The predicted molar refractivity (Wildman–Crippen MR) is 102 cm³/mol. The zero-order chi connectivity index (χ0) is 19.5. The fourth-order valence-corrected chi connectivity index (χ4v) is 4.45. The van der Waals surface area contributed by atoms with Crippen molar-refractivity contribution in [1.82, 2.24) is 4.90 Å². The zero-order valence-electron chi connectivity index (χ0n) is 15.4. The standard InChI is InChI=1S/C20H21N3O4S/c24-18(15-4-2-12-28-15)16-17(14-3-1-5-21-13-14)23(20(26)19(16)25)7-6-22-8-10-27-11-9-22/h1-5,12-13,17,25H,6-11H2/p+2. The number of aliphatic hydroxyl groups is 1. The van der Waals surface area contributed by atoms with Gasteiger partial charge in [0, 0.05) is 11.6 Å². The lowest BCUT2D eigenvalue weighted by Crippen LogP contribution is -3.14. The molecule has 2 aliphatic rings. The number of aromatic nitrogens is 1. The van der Waals surface area contributed by atoms with Gasteiger partial charge in [-0.2, -0.15) is 0 Å². The van der Waals surface area contributed by atoms with E-state index in [0.717, 1.165) is 25.2 Å². The number of quaternary nitrogens is 1. The van der Waals surface area contributed by atoms with Gasteiger partial charge in [0.2, 0.25) is 5.78 Å². The molecule has 3 N–H and O–H groups in total. The number of Topliss-reactive ketones (excluding diaryl/α,β-unsaturated/α-hetero) is 1. The van der Waals surface area contributed by atoms with Crippen molar-refractivity contribution in [3.8, 4) is 0 Å². The zero-order valence-corrected chi connectivity index (χ0v) is 16.2. The van der Waals surface area contributed by atoms with Crippen LogP contribution in [0.3, 0.4) is 0 Å². The van der Waals surface area contributed by atoms with Gasteiger partial charge in [-0.3, -0.25) is 9.59 Å². The van der Waals surface area contributed by atoms with Crippen LogP contribution in [0.2, 0.25) is 0 Å². The molecule has 0 radical (unpaired) electrons. The predicted octanol–water partition coefficient (Wildman–Crippen LogP) is 0.0556. The molecule has 28 heavy (non-hydrogen) atoms. The molecule has 7 nitrogen and oxygen atoms in total. The van der Waals surface area contributed by atoms with Crippen molar-refractivity contribution in [1.29, 1.82) is 0 Å². The Morgan fingerprint density at radius 1 is 1.32 bits per heavy atom. The van der Waals surface area contributed by atoms with Crippen molar-refractivity contribution < 1.29 is 29.3 Å². The van der Waals surface area contributed by atoms with Crippen LogP contribution in [0.25, 0.3) is 0 Å². The van der Waals surface area contributed by atoms with Crippen LogP contribution in [0, 0.1) is 0 Å². The summed E-state index contributed by atoms with van der Waals surface area (Å²) >= 11 is 1.31. The minimum atomic E-state index is -0.597. The minimum Gasteiger partial charge on any atom is -0.503 e. The Morgan fingerprint density at radius 2 is 2.14 bits per heavy atom. The van der Waals surface area contributed by atoms with E-state index in [9.17, 15) is 14.7 Å². The van der Waals surface area contributed by atoms with E-state index in [1.54, 1.807) is 29.4 Å². The molecule has 0 spiro atoms. The number of carbonyl (C=O) groups is 2. The fourth-order valence-electron chi connectivity index (χ4n) is 3.77. The number of morpholine rings is 1. The first-order valence-corrected chi connectivity index (χ1v) is 10.2. The normalized spacial score (nSPS) is 20.8. The second-order valence-electron chi connectivity index (χ2n) is 6.92. The first-order valence-electron chi connectivity index (χ1n) is 9.36. The second-order valence-corrected chi connectivity index (χ2v) is 7.87. The summed E-state index contributed by atoms with van der Waals surface area (Å²) in [6, 6.07) is 6.60. The summed E-state index contributed by atoms with van der Waals surface area (Å²) < 4.78 is 5.39. The van der Waals surface area contributed by atoms with Gasteiger partial charge < -0.3 is 19.6 Å². The number of amides is 1.